The molecule has 20 heavy (non-hydrogen) atoms. The molecule has 0 unspecified atom stereocenters. The van der Waals surface area contributed by atoms with Crippen molar-refractivity contribution >= 4 is 21.9 Å². The van der Waals surface area contributed by atoms with Crippen LogP contribution in [0.4, 0.5) is 0 Å². The molecule has 1 N–H and O–H groups in total. The minimum Gasteiger partial charge on any atom is -0.477 e. The standard InChI is InChI=1S/C13H18BrNO5/c1-4-9-10(14)5-15-12(11(9)13(16)17)20-8(6-18-2)7-19-3/h5,8H,4,6-7H2,1-3H3,(H,16,17). The topological polar surface area (TPSA) is 77.9 Å². The number of aromatic nitrogens is 1. The van der Waals surface area contributed by atoms with Crippen LogP contribution in [-0.4, -0.2) is 49.6 Å². The molecular weight excluding hydrogens is 330 g/mol. The smallest absolute Gasteiger partial charge is 0.341 e. The Balaban J connectivity index is 3.13. The Labute approximate surface area is 126 Å². The van der Waals surface area contributed by atoms with Crippen LogP contribution in [0.5, 0.6) is 5.88 Å². The highest BCUT2D eigenvalue weighted by Crippen LogP contribution is 2.28. The summed E-state index contributed by atoms with van der Waals surface area (Å²) in [6.07, 6.45) is 1.68. The van der Waals surface area contributed by atoms with Gasteiger partial charge in [0.1, 0.15) is 11.7 Å². The molecule has 1 heterocycles. The quantitative estimate of drug-likeness (QED) is 0.776. The number of carboxylic acid groups (broad SMARTS) is 1. The Morgan fingerprint density at radius 3 is 2.45 bits per heavy atom. The molecule has 0 bridgehead atoms. The van der Waals surface area contributed by atoms with Gasteiger partial charge in [0.2, 0.25) is 5.88 Å². The molecule has 0 aliphatic heterocycles. The van der Waals surface area contributed by atoms with Crippen LogP contribution >= 0.6 is 15.9 Å². The zero-order chi connectivity index (χ0) is 15.1. The van der Waals surface area contributed by atoms with Gasteiger partial charge in [-0.15, -0.1) is 0 Å². The highest BCUT2D eigenvalue weighted by Gasteiger charge is 2.22. The summed E-state index contributed by atoms with van der Waals surface area (Å²) >= 11 is 3.31. The number of pyridine rings is 1. The highest BCUT2D eigenvalue weighted by molar-refractivity contribution is 9.10. The third-order valence-electron chi connectivity index (χ3n) is 2.65. The van der Waals surface area contributed by atoms with Crippen molar-refractivity contribution < 1.29 is 24.1 Å². The van der Waals surface area contributed by atoms with Crippen molar-refractivity contribution in [3.05, 3.63) is 21.8 Å². The molecule has 0 aliphatic carbocycles. The lowest BCUT2D eigenvalue weighted by molar-refractivity contribution is 0.0209. The fourth-order valence-electron chi connectivity index (χ4n) is 1.81. The van der Waals surface area contributed by atoms with Gasteiger partial charge in [0.15, 0.2) is 0 Å². The zero-order valence-corrected chi connectivity index (χ0v) is 13.3. The fraction of sp³-hybridized carbons (Fsp3) is 0.538. The van der Waals surface area contributed by atoms with Crippen molar-refractivity contribution in [3.63, 3.8) is 0 Å². The molecule has 0 aliphatic rings. The molecule has 0 fully saturated rings. The molecule has 112 valence electrons. The first-order valence-corrected chi connectivity index (χ1v) is 6.89. The second-order valence-corrected chi connectivity index (χ2v) is 4.93. The molecule has 0 atom stereocenters. The molecule has 0 spiro atoms. The van der Waals surface area contributed by atoms with E-state index in [4.69, 9.17) is 14.2 Å². The van der Waals surface area contributed by atoms with Gasteiger partial charge in [0, 0.05) is 24.9 Å². The molecule has 0 aromatic carbocycles. The van der Waals surface area contributed by atoms with E-state index in [-0.39, 0.29) is 24.7 Å². The van der Waals surface area contributed by atoms with Gasteiger partial charge in [-0.1, -0.05) is 6.92 Å². The molecule has 1 rings (SSSR count). The molecular formula is C13H18BrNO5. The zero-order valence-electron chi connectivity index (χ0n) is 11.7. The average Bonchev–Trinajstić information content (AvgIpc) is 2.40. The average molecular weight is 348 g/mol. The summed E-state index contributed by atoms with van der Waals surface area (Å²) in [5.74, 6) is -0.990. The number of carbonyl (C=O) groups is 1. The molecule has 0 saturated carbocycles. The molecule has 0 amide bonds. The first-order valence-electron chi connectivity index (χ1n) is 6.10. The summed E-state index contributed by atoms with van der Waals surface area (Å²) in [6.45, 7) is 2.44. The number of carboxylic acids is 1. The van der Waals surface area contributed by atoms with E-state index >= 15 is 0 Å². The lowest BCUT2D eigenvalue weighted by Crippen LogP contribution is -2.29. The van der Waals surface area contributed by atoms with Crippen LogP contribution in [0.25, 0.3) is 0 Å². The Bertz CT molecular complexity index is 460. The number of halogens is 1. The van der Waals surface area contributed by atoms with E-state index in [1.165, 1.54) is 20.4 Å². The molecule has 0 radical (unpaired) electrons. The van der Waals surface area contributed by atoms with Crippen molar-refractivity contribution in [2.45, 2.75) is 19.4 Å². The normalized spacial score (nSPS) is 10.8. The van der Waals surface area contributed by atoms with Crippen molar-refractivity contribution in [2.24, 2.45) is 0 Å². The SMILES string of the molecule is CCc1c(Br)cnc(OC(COC)COC)c1C(=O)O. The molecule has 1 aromatic rings. The summed E-state index contributed by atoms with van der Waals surface area (Å²) in [5.41, 5.74) is 0.718. The van der Waals surface area contributed by atoms with Crippen LogP contribution in [0.1, 0.15) is 22.8 Å². The van der Waals surface area contributed by atoms with E-state index in [0.29, 0.717) is 16.5 Å². The first kappa shape index (κ1) is 16.9. The van der Waals surface area contributed by atoms with Gasteiger partial charge in [0.25, 0.3) is 0 Å². The van der Waals surface area contributed by atoms with Crippen molar-refractivity contribution in [1.82, 2.24) is 4.98 Å². The van der Waals surface area contributed by atoms with Gasteiger partial charge in [-0.3, -0.25) is 0 Å². The Morgan fingerprint density at radius 1 is 1.40 bits per heavy atom. The minimum atomic E-state index is -1.07. The first-order chi connectivity index (χ1) is 9.54. The minimum absolute atomic E-state index is 0.0686. The summed E-state index contributed by atoms with van der Waals surface area (Å²) in [6, 6.07) is 0. The van der Waals surface area contributed by atoms with E-state index < -0.39 is 12.1 Å². The van der Waals surface area contributed by atoms with Crippen LogP contribution in [0.3, 0.4) is 0 Å². The molecule has 1 aromatic heterocycles. The third-order valence-corrected chi connectivity index (χ3v) is 3.33. The summed E-state index contributed by atoms with van der Waals surface area (Å²) in [4.78, 5) is 15.5. The third kappa shape index (κ3) is 4.16. The van der Waals surface area contributed by atoms with Crippen LogP contribution in [0.2, 0.25) is 0 Å². The maximum atomic E-state index is 11.4. The Morgan fingerprint density at radius 2 is 2.00 bits per heavy atom. The van der Waals surface area contributed by atoms with Crippen LogP contribution in [0, 0.1) is 0 Å². The van der Waals surface area contributed by atoms with Crippen molar-refractivity contribution in [3.8, 4) is 5.88 Å². The van der Waals surface area contributed by atoms with E-state index in [1.807, 2.05) is 6.92 Å². The number of hydrogen-bond acceptors (Lipinski definition) is 5. The lowest BCUT2D eigenvalue weighted by Gasteiger charge is -2.19. The Hall–Kier alpha value is -1.18. The second kappa shape index (κ2) is 8.18. The number of ether oxygens (including phenoxy) is 3. The molecule has 0 saturated heterocycles. The maximum Gasteiger partial charge on any atom is 0.341 e. The monoisotopic (exact) mass is 347 g/mol. The van der Waals surface area contributed by atoms with Crippen LogP contribution in [0.15, 0.2) is 10.7 Å². The van der Waals surface area contributed by atoms with Gasteiger partial charge >= 0.3 is 5.97 Å². The number of nitrogens with zero attached hydrogens (tertiary/aromatic N) is 1. The van der Waals surface area contributed by atoms with Gasteiger partial charge in [-0.05, 0) is 27.9 Å². The van der Waals surface area contributed by atoms with Crippen molar-refractivity contribution in [2.75, 3.05) is 27.4 Å². The van der Waals surface area contributed by atoms with E-state index in [1.54, 1.807) is 0 Å². The van der Waals surface area contributed by atoms with Gasteiger partial charge in [-0.2, -0.15) is 0 Å². The largest absolute Gasteiger partial charge is 0.477 e. The number of hydrogen-bond donors (Lipinski definition) is 1. The lowest BCUT2D eigenvalue weighted by atomic mass is 10.1. The number of aromatic carboxylic acids is 1. The summed E-state index contributed by atoms with van der Waals surface area (Å²) in [5, 5.41) is 9.37. The maximum absolute atomic E-state index is 11.4. The van der Waals surface area contributed by atoms with Gasteiger partial charge < -0.3 is 19.3 Å². The van der Waals surface area contributed by atoms with E-state index in [2.05, 4.69) is 20.9 Å². The predicted octanol–water partition coefficient (Wildman–Crippen LogP) is 2.14. The summed E-state index contributed by atoms with van der Waals surface area (Å²) in [7, 11) is 3.08. The molecule has 6 nitrogen and oxygen atoms in total. The van der Waals surface area contributed by atoms with Crippen molar-refractivity contribution in [1.29, 1.82) is 0 Å². The van der Waals surface area contributed by atoms with E-state index in [0.717, 1.165) is 0 Å². The number of rotatable bonds is 8. The van der Waals surface area contributed by atoms with Crippen LogP contribution in [-0.2, 0) is 15.9 Å². The second-order valence-electron chi connectivity index (χ2n) is 4.07. The number of methoxy groups -OCH3 is 2. The van der Waals surface area contributed by atoms with Gasteiger partial charge in [-0.25, -0.2) is 9.78 Å². The predicted molar refractivity (Wildman–Crippen MR) is 76.4 cm³/mol. The van der Waals surface area contributed by atoms with Crippen LogP contribution < -0.4 is 4.74 Å². The molecule has 7 heteroatoms. The van der Waals surface area contributed by atoms with E-state index in [9.17, 15) is 9.90 Å². The highest BCUT2D eigenvalue weighted by atomic mass is 79.9. The summed E-state index contributed by atoms with van der Waals surface area (Å²) < 4.78 is 16.3. The Kier molecular flexibility index (Phi) is 6.90. The fourth-order valence-corrected chi connectivity index (χ4v) is 2.39. The van der Waals surface area contributed by atoms with Gasteiger partial charge in [0.05, 0.1) is 13.2 Å².